The number of phenolic OH excluding ortho intramolecular Hbond substituents is 2. The number of aromatic nitrogens is 4. The molecular weight excluding hydrogens is 512 g/mol. The van der Waals surface area contributed by atoms with Crippen LogP contribution in [-0.4, -0.2) is 60.5 Å². The van der Waals surface area contributed by atoms with Gasteiger partial charge < -0.3 is 21.2 Å². The van der Waals surface area contributed by atoms with Crippen molar-refractivity contribution in [3.8, 4) is 11.5 Å². The summed E-state index contributed by atoms with van der Waals surface area (Å²) in [7, 11) is 0. The summed E-state index contributed by atoms with van der Waals surface area (Å²) in [5.74, 6) is 5.29. The van der Waals surface area contributed by atoms with Gasteiger partial charge in [-0.3, -0.25) is 0 Å². The van der Waals surface area contributed by atoms with Crippen LogP contribution in [-0.2, 0) is 6.42 Å². The summed E-state index contributed by atoms with van der Waals surface area (Å²) in [5.41, 5.74) is 4.08. The number of aliphatic hydroxyl groups excluding tert-OH is 1. The fourth-order valence-electron chi connectivity index (χ4n) is 4.09. The Kier molecular flexibility index (Phi) is 8.99. The molecule has 1 atom stereocenters. The number of tetrazole rings is 1. The Morgan fingerprint density at radius 1 is 1.00 bits per heavy atom. The van der Waals surface area contributed by atoms with Gasteiger partial charge in [-0.15, -0.1) is 20.1 Å². The molecule has 0 saturated heterocycles. The standard InChI is InChI=1S/C27H28N10O3/c1-17(32-34-28)31-29-15-20-6-8-25(39)23(13-20)27(22-5-3-4-19(12-22)10-11-38)24-14-21(7-9-26(24)40)16-30-37-18(2)33-35-36-37/h3-9,12-16,27,38-40H,10-11H2,1-2H3,(H2,28,31,32)/b29-15+,30-16+. The van der Waals surface area contributed by atoms with E-state index in [1.165, 1.54) is 11.0 Å². The molecular formula is C27H28N10O3. The molecule has 5 N–H and O–H groups in total. The maximum atomic E-state index is 11.0. The molecule has 0 bridgehead atoms. The molecule has 4 rings (SSSR count). The molecule has 0 amide bonds. The van der Waals surface area contributed by atoms with Gasteiger partial charge in [0, 0.05) is 23.7 Å². The van der Waals surface area contributed by atoms with Crippen molar-refractivity contribution in [3.05, 3.63) is 99.9 Å². The molecule has 0 aliphatic heterocycles. The van der Waals surface area contributed by atoms with Crippen molar-refractivity contribution in [2.75, 3.05) is 6.61 Å². The fourth-order valence-corrected chi connectivity index (χ4v) is 4.09. The number of aromatic hydroxyl groups is 2. The van der Waals surface area contributed by atoms with Gasteiger partial charge >= 0.3 is 0 Å². The maximum absolute atomic E-state index is 11.0. The number of rotatable bonds is 9. The van der Waals surface area contributed by atoms with Gasteiger partial charge in [-0.05, 0) is 89.3 Å². The fraction of sp³-hybridized carbons (Fsp3) is 0.185. The average Bonchev–Trinajstić information content (AvgIpc) is 3.35. The third kappa shape index (κ3) is 6.76. The number of hydrogen-bond donors (Lipinski definition) is 4. The van der Waals surface area contributed by atoms with E-state index >= 15 is 0 Å². The van der Waals surface area contributed by atoms with Gasteiger partial charge in [0.2, 0.25) is 0 Å². The molecule has 0 aliphatic rings. The van der Waals surface area contributed by atoms with Crippen LogP contribution in [0.4, 0.5) is 0 Å². The molecule has 0 radical (unpaired) electrons. The Morgan fingerprint density at radius 3 is 2.33 bits per heavy atom. The zero-order valence-electron chi connectivity index (χ0n) is 21.9. The van der Waals surface area contributed by atoms with E-state index in [1.54, 1.807) is 56.5 Å². The smallest absolute Gasteiger partial charge is 0.173 e. The minimum atomic E-state index is -0.591. The lowest BCUT2D eigenvalue weighted by molar-refractivity contribution is 0.299. The van der Waals surface area contributed by atoms with Crippen LogP contribution in [0.15, 0.2) is 86.3 Å². The van der Waals surface area contributed by atoms with Gasteiger partial charge in [-0.1, -0.05) is 29.5 Å². The highest BCUT2D eigenvalue weighted by molar-refractivity contribution is 5.84. The highest BCUT2D eigenvalue weighted by Gasteiger charge is 2.24. The van der Waals surface area contributed by atoms with Crippen LogP contribution in [0, 0.1) is 6.92 Å². The predicted molar refractivity (Wildman–Crippen MR) is 150 cm³/mol. The van der Waals surface area contributed by atoms with Crippen molar-refractivity contribution in [2.45, 2.75) is 26.2 Å². The number of aliphatic hydroxyl groups is 1. The summed E-state index contributed by atoms with van der Waals surface area (Å²) in [4.78, 5) is 1.29. The van der Waals surface area contributed by atoms with Crippen molar-refractivity contribution < 1.29 is 15.3 Å². The zero-order chi connectivity index (χ0) is 28.5. The number of aryl methyl sites for hydroxylation is 1. The Bertz CT molecular complexity index is 1590. The number of benzene rings is 3. The predicted octanol–water partition coefficient (Wildman–Crippen LogP) is 3.07. The summed E-state index contributed by atoms with van der Waals surface area (Å²) in [6.07, 6.45) is 3.54. The SMILES string of the molecule is C/C(N=NN)=N\N=C\c1ccc(O)c(C(c2cccc(CCO)c2)c2cc(/C=N/n3nnnc3C)ccc2O)c1. The third-order valence-corrected chi connectivity index (χ3v) is 5.94. The number of amidine groups is 1. The largest absolute Gasteiger partial charge is 0.508 e. The molecule has 204 valence electrons. The molecule has 40 heavy (non-hydrogen) atoms. The molecule has 1 unspecified atom stereocenters. The molecule has 3 aromatic carbocycles. The number of hydrogen-bond acceptors (Lipinski definition) is 10. The number of nitrogens with zero attached hydrogens (tertiary/aromatic N) is 9. The van der Waals surface area contributed by atoms with E-state index in [0.29, 0.717) is 34.5 Å². The Labute approximate surface area is 229 Å². The summed E-state index contributed by atoms with van der Waals surface area (Å²) in [5, 5.41) is 61.8. The first-order chi connectivity index (χ1) is 19.4. The van der Waals surface area contributed by atoms with E-state index < -0.39 is 5.92 Å². The second-order valence-corrected chi connectivity index (χ2v) is 8.76. The lowest BCUT2D eigenvalue weighted by Gasteiger charge is -2.22. The van der Waals surface area contributed by atoms with E-state index in [2.05, 4.69) is 41.2 Å². The second-order valence-electron chi connectivity index (χ2n) is 8.76. The van der Waals surface area contributed by atoms with Crippen molar-refractivity contribution in [2.24, 2.45) is 31.5 Å². The van der Waals surface area contributed by atoms with E-state index in [-0.39, 0.29) is 23.9 Å². The molecule has 0 saturated carbocycles. The first-order valence-electron chi connectivity index (χ1n) is 12.2. The van der Waals surface area contributed by atoms with Gasteiger partial charge in [0.25, 0.3) is 0 Å². The van der Waals surface area contributed by atoms with Gasteiger partial charge in [-0.2, -0.15) is 10.2 Å². The van der Waals surface area contributed by atoms with Crippen LogP contribution >= 0.6 is 0 Å². The van der Waals surface area contributed by atoms with Gasteiger partial charge in [-0.25, -0.2) is 0 Å². The number of phenols is 2. The average molecular weight is 541 g/mol. The Balaban J connectivity index is 1.84. The lowest BCUT2D eigenvalue weighted by Crippen LogP contribution is -2.07. The first-order valence-corrected chi connectivity index (χ1v) is 12.2. The summed E-state index contributed by atoms with van der Waals surface area (Å²) < 4.78 is 0. The monoisotopic (exact) mass is 540 g/mol. The normalized spacial score (nSPS) is 13.1. The molecule has 1 heterocycles. The van der Waals surface area contributed by atoms with Gasteiger partial charge in [0.15, 0.2) is 11.7 Å². The minimum Gasteiger partial charge on any atom is -0.508 e. The highest BCUT2D eigenvalue weighted by atomic mass is 16.3. The summed E-state index contributed by atoms with van der Waals surface area (Å²) >= 11 is 0. The molecule has 13 nitrogen and oxygen atoms in total. The molecule has 0 spiro atoms. The zero-order valence-corrected chi connectivity index (χ0v) is 21.9. The minimum absolute atomic E-state index is 0.0112. The van der Waals surface area contributed by atoms with Crippen LogP contribution in [0.2, 0.25) is 0 Å². The highest BCUT2D eigenvalue weighted by Crippen LogP contribution is 2.41. The van der Waals surface area contributed by atoms with Crippen LogP contribution in [0.3, 0.4) is 0 Å². The summed E-state index contributed by atoms with van der Waals surface area (Å²) in [6, 6.07) is 17.7. The van der Waals surface area contributed by atoms with Crippen LogP contribution in [0.25, 0.3) is 0 Å². The molecule has 0 aliphatic carbocycles. The van der Waals surface area contributed by atoms with Crippen molar-refractivity contribution in [1.29, 1.82) is 0 Å². The van der Waals surface area contributed by atoms with Crippen LogP contribution < -0.4 is 5.84 Å². The van der Waals surface area contributed by atoms with Crippen molar-refractivity contribution in [3.63, 3.8) is 0 Å². The molecule has 0 fully saturated rings. The van der Waals surface area contributed by atoms with Crippen molar-refractivity contribution in [1.82, 2.24) is 20.3 Å². The van der Waals surface area contributed by atoms with Gasteiger partial charge in [0.05, 0.1) is 12.4 Å². The lowest BCUT2D eigenvalue weighted by atomic mass is 9.82. The number of nitrogens with two attached hydrogens (primary N) is 1. The second kappa shape index (κ2) is 13.0. The van der Waals surface area contributed by atoms with Crippen LogP contribution in [0.1, 0.15) is 52.0 Å². The Morgan fingerprint density at radius 2 is 1.70 bits per heavy atom. The molecule has 4 aromatic rings. The van der Waals surface area contributed by atoms with E-state index in [4.69, 9.17) is 5.84 Å². The third-order valence-electron chi connectivity index (χ3n) is 5.94. The first kappa shape index (κ1) is 27.7. The Hall–Kier alpha value is -5.30. The molecule has 1 aromatic heterocycles. The summed E-state index contributed by atoms with van der Waals surface area (Å²) in [6.45, 7) is 3.32. The van der Waals surface area contributed by atoms with E-state index in [0.717, 1.165) is 11.1 Å². The van der Waals surface area contributed by atoms with Crippen LogP contribution in [0.5, 0.6) is 11.5 Å². The van der Waals surface area contributed by atoms with E-state index in [9.17, 15) is 15.3 Å². The quantitative estimate of drug-likeness (QED) is 0.0625. The van der Waals surface area contributed by atoms with Crippen molar-refractivity contribution >= 4 is 18.3 Å². The topological polar surface area (TPSA) is 192 Å². The van der Waals surface area contributed by atoms with E-state index in [1.807, 2.05) is 24.3 Å². The molecule has 13 heteroatoms. The van der Waals surface area contributed by atoms with Gasteiger partial charge in [0.1, 0.15) is 11.5 Å². The maximum Gasteiger partial charge on any atom is 0.173 e.